The smallest absolute Gasteiger partial charge is 0.217 e. The number of carbonyl (C=O) groups excluding carboxylic acids is 1. The first-order valence-electron chi connectivity index (χ1n) is 11.1. The highest BCUT2D eigenvalue weighted by molar-refractivity contribution is 7.80. The Morgan fingerprint density at radius 1 is 1.17 bits per heavy atom. The number of thiophene rings is 1. The molecule has 3 aromatic heterocycles. The van der Waals surface area contributed by atoms with E-state index in [1.807, 2.05) is 18.2 Å². The summed E-state index contributed by atoms with van der Waals surface area (Å²) in [7, 11) is 0. The number of halogens is 1. The molecule has 1 saturated carbocycles. The number of nitrogens with one attached hydrogen (secondary N) is 3. The molecule has 1 aromatic carbocycles. The van der Waals surface area contributed by atoms with Gasteiger partial charge < -0.3 is 20.7 Å². The molecule has 0 saturated heterocycles. The summed E-state index contributed by atoms with van der Waals surface area (Å²) in [5, 5.41) is 9.41. The molecule has 1 aliphatic carbocycles. The molecule has 0 spiro atoms. The number of aromatic nitrogens is 2. The summed E-state index contributed by atoms with van der Waals surface area (Å²) in [6.07, 6.45) is 5.58. The average molecular weight is 508 g/mol. The maximum atomic E-state index is 14.8. The number of nitrogens with zero attached hydrogens (tertiary/aromatic N) is 2. The average Bonchev–Trinajstić information content (AvgIpc) is 3.53. The number of carbonyl (C=O) groups is 1. The summed E-state index contributed by atoms with van der Waals surface area (Å²) in [6, 6.07) is 12.6. The third kappa shape index (κ3) is 5.72. The van der Waals surface area contributed by atoms with Crippen LogP contribution < -0.4 is 20.7 Å². The second-order valence-corrected chi connectivity index (χ2v) is 9.68. The molecule has 0 aliphatic heterocycles. The Bertz CT molecular complexity index is 1400. The zero-order valence-corrected chi connectivity index (χ0v) is 20.4. The molecule has 4 aromatic rings. The van der Waals surface area contributed by atoms with Gasteiger partial charge in [0.1, 0.15) is 5.75 Å². The van der Waals surface area contributed by atoms with E-state index in [0.717, 1.165) is 39.2 Å². The number of pyridine rings is 2. The van der Waals surface area contributed by atoms with Crippen molar-refractivity contribution in [2.45, 2.75) is 32.4 Å². The Labute approximate surface area is 210 Å². The van der Waals surface area contributed by atoms with Gasteiger partial charge in [-0.25, -0.2) is 4.39 Å². The standard InChI is InChI=1S/C25H22FN5O2S2/c1-14(32)28-12-15-2-6-19(29-13-15)23-11-20-24(35-23)22(8-9-27-20)33-21-7-5-17(10-18(21)26)31-25(34)30-16-3-4-16/h2,5-11,13,16H,3-4,12H2,1H3,(H,28,32)(H2,30,31,34). The summed E-state index contributed by atoms with van der Waals surface area (Å²) in [4.78, 5) is 20.9. The molecule has 1 fully saturated rings. The number of fused-ring (bicyclic) bond motifs is 1. The quantitative estimate of drug-likeness (QED) is 0.290. The minimum atomic E-state index is -0.498. The summed E-state index contributed by atoms with van der Waals surface area (Å²) >= 11 is 6.73. The second kappa shape index (κ2) is 9.93. The molecule has 0 unspecified atom stereocenters. The van der Waals surface area contributed by atoms with Gasteiger partial charge in [0.2, 0.25) is 5.91 Å². The summed E-state index contributed by atoms with van der Waals surface area (Å²) in [5.74, 6) is 0.0366. The Morgan fingerprint density at radius 3 is 2.74 bits per heavy atom. The number of ether oxygens (including phenoxy) is 1. The van der Waals surface area contributed by atoms with Gasteiger partial charge in [0, 0.05) is 49.7 Å². The van der Waals surface area contributed by atoms with Gasteiger partial charge in [-0.05, 0) is 54.9 Å². The Hall–Kier alpha value is -3.63. The molecule has 1 aliphatic rings. The predicted octanol–water partition coefficient (Wildman–Crippen LogP) is 5.37. The Balaban J connectivity index is 1.33. The van der Waals surface area contributed by atoms with E-state index in [0.29, 0.717) is 29.1 Å². The van der Waals surface area contributed by atoms with Gasteiger partial charge in [-0.15, -0.1) is 11.3 Å². The zero-order valence-electron chi connectivity index (χ0n) is 18.8. The van der Waals surface area contributed by atoms with Gasteiger partial charge in [0.25, 0.3) is 0 Å². The molecule has 10 heteroatoms. The summed E-state index contributed by atoms with van der Waals surface area (Å²) in [5.41, 5.74) is 2.98. The van der Waals surface area contributed by atoms with Crippen LogP contribution in [0.1, 0.15) is 25.3 Å². The number of rotatable bonds is 7. The lowest BCUT2D eigenvalue weighted by Gasteiger charge is -2.12. The van der Waals surface area contributed by atoms with Crippen molar-refractivity contribution in [1.82, 2.24) is 20.6 Å². The van der Waals surface area contributed by atoms with E-state index in [4.69, 9.17) is 17.0 Å². The molecule has 0 atom stereocenters. The van der Waals surface area contributed by atoms with Crippen molar-refractivity contribution < 1.29 is 13.9 Å². The molecular formula is C25H22FN5O2S2. The van der Waals surface area contributed by atoms with Gasteiger partial charge in [-0.2, -0.15) is 0 Å². The van der Waals surface area contributed by atoms with Gasteiger partial charge in [-0.3, -0.25) is 14.8 Å². The van der Waals surface area contributed by atoms with E-state index in [1.54, 1.807) is 30.6 Å². The van der Waals surface area contributed by atoms with Crippen LogP contribution >= 0.6 is 23.6 Å². The van der Waals surface area contributed by atoms with Crippen LogP contribution in [0.15, 0.2) is 54.9 Å². The number of benzene rings is 1. The first kappa shape index (κ1) is 23.1. The molecule has 3 N–H and O–H groups in total. The van der Waals surface area contributed by atoms with E-state index in [-0.39, 0.29) is 11.7 Å². The SMILES string of the molecule is CC(=O)NCc1ccc(-c2cc3nccc(Oc4ccc(NC(=S)NC5CC5)cc4F)c3s2)nc1. The highest BCUT2D eigenvalue weighted by Gasteiger charge is 2.22. The number of hydrogen-bond donors (Lipinski definition) is 3. The van der Waals surface area contributed by atoms with Crippen LogP contribution in [0.2, 0.25) is 0 Å². The first-order chi connectivity index (χ1) is 16.9. The van der Waals surface area contributed by atoms with Crippen molar-refractivity contribution in [3.05, 3.63) is 66.2 Å². The fourth-order valence-corrected chi connectivity index (χ4v) is 4.71. The molecule has 0 bridgehead atoms. The van der Waals surface area contributed by atoms with Crippen LogP contribution in [0.3, 0.4) is 0 Å². The number of thiocarbonyl (C=S) groups is 1. The molecular weight excluding hydrogens is 485 g/mol. The van der Waals surface area contributed by atoms with Crippen LogP contribution in [0.5, 0.6) is 11.5 Å². The van der Waals surface area contributed by atoms with Gasteiger partial charge in [0.15, 0.2) is 16.7 Å². The Kier molecular flexibility index (Phi) is 6.56. The zero-order chi connectivity index (χ0) is 24.4. The van der Waals surface area contributed by atoms with Crippen molar-refractivity contribution in [1.29, 1.82) is 0 Å². The third-order valence-electron chi connectivity index (χ3n) is 5.32. The number of hydrogen-bond acceptors (Lipinski definition) is 6. The van der Waals surface area contributed by atoms with Crippen LogP contribution in [0.4, 0.5) is 10.1 Å². The van der Waals surface area contributed by atoms with Crippen molar-refractivity contribution in [2.75, 3.05) is 5.32 Å². The van der Waals surface area contributed by atoms with Crippen molar-refractivity contribution >= 4 is 50.5 Å². The molecule has 5 rings (SSSR count). The lowest BCUT2D eigenvalue weighted by Crippen LogP contribution is -2.30. The number of anilines is 1. The van der Waals surface area contributed by atoms with E-state index in [1.165, 1.54) is 24.3 Å². The van der Waals surface area contributed by atoms with Crippen LogP contribution in [-0.4, -0.2) is 27.0 Å². The van der Waals surface area contributed by atoms with Gasteiger partial charge in [-0.1, -0.05) is 6.07 Å². The fourth-order valence-electron chi connectivity index (χ4n) is 3.38. The fraction of sp³-hybridized carbons (Fsp3) is 0.200. The second-order valence-electron chi connectivity index (χ2n) is 8.22. The largest absolute Gasteiger partial charge is 0.453 e. The molecule has 3 heterocycles. The molecule has 1 amide bonds. The monoisotopic (exact) mass is 507 g/mol. The highest BCUT2D eigenvalue weighted by Crippen LogP contribution is 2.39. The Morgan fingerprint density at radius 2 is 2.03 bits per heavy atom. The van der Waals surface area contributed by atoms with Gasteiger partial charge >= 0.3 is 0 Å². The normalized spacial score (nSPS) is 12.9. The van der Waals surface area contributed by atoms with E-state index >= 15 is 0 Å². The molecule has 35 heavy (non-hydrogen) atoms. The minimum absolute atomic E-state index is 0.0893. The lowest BCUT2D eigenvalue weighted by atomic mass is 10.2. The maximum absolute atomic E-state index is 14.8. The number of amides is 1. The minimum Gasteiger partial charge on any atom is -0.453 e. The highest BCUT2D eigenvalue weighted by atomic mass is 32.1. The van der Waals surface area contributed by atoms with Crippen LogP contribution in [0, 0.1) is 5.82 Å². The van der Waals surface area contributed by atoms with E-state index in [9.17, 15) is 9.18 Å². The first-order valence-corrected chi connectivity index (χ1v) is 12.3. The van der Waals surface area contributed by atoms with E-state index < -0.39 is 5.82 Å². The topological polar surface area (TPSA) is 88.2 Å². The van der Waals surface area contributed by atoms with Crippen molar-refractivity contribution in [3.63, 3.8) is 0 Å². The molecule has 7 nitrogen and oxygen atoms in total. The van der Waals surface area contributed by atoms with Crippen molar-refractivity contribution in [3.8, 4) is 22.1 Å². The molecule has 178 valence electrons. The van der Waals surface area contributed by atoms with Gasteiger partial charge in [0.05, 0.1) is 20.8 Å². The summed E-state index contributed by atoms with van der Waals surface area (Å²) < 4.78 is 21.5. The molecule has 0 radical (unpaired) electrons. The third-order valence-corrected chi connectivity index (χ3v) is 6.70. The lowest BCUT2D eigenvalue weighted by molar-refractivity contribution is -0.119. The van der Waals surface area contributed by atoms with Crippen LogP contribution in [0.25, 0.3) is 20.8 Å². The predicted molar refractivity (Wildman–Crippen MR) is 139 cm³/mol. The van der Waals surface area contributed by atoms with Crippen molar-refractivity contribution in [2.24, 2.45) is 0 Å². The van der Waals surface area contributed by atoms with E-state index in [2.05, 4.69) is 25.9 Å². The maximum Gasteiger partial charge on any atom is 0.217 e. The summed E-state index contributed by atoms with van der Waals surface area (Å²) in [6.45, 7) is 1.91. The van der Waals surface area contributed by atoms with Crippen LogP contribution in [-0.2, 0) is 11.3 Å².